The lowest BCUT2D eigenvalue weighted by molar-refractivity contribution is 0.102. The van der Waals surface area contributed by atoms with Gasteiger partial charge in [-0.3, -0.25) is 14.7 Å². The van der Waals surface area contributed by atoms with E-state index in [1.165, 1.54) is 36.4 Å². The van der Waals surface area contributed by atoms with Crippen molar-refractivity contribution in [3.63, 3.8) is 0 Å². The highest BCUT2D eigenvalue weighted by molar-refractivity contribution is 6.02. The number of rotatable bonds is 5. The molecule has 1 aliphatic rings. The number of nitrogens with zero attached hydrogens (tertiary/aromatic N) is 4. The van der Waals surface area contributed by atoms with E-state index in [1.54, 1.807) is 12.1 Å². The van der Waals surface area contributed by atoms with Gasteiger partial charge in [0.15, 0.2) is 5.82 Å². The van der Waals surface area contributed by atoms with E-state index in [4.69, 9.17) is 0 Å². The average molecular weight is 416 g/mol. The Labute approximate surface area is 175 Å². The topological polar surface area (TPSA) is 106 Å². The first-order valence-corrected chi connectivity index (χ1v) is 9.77. The normalized spacial score (nSPS) is 13.2. The first kappa shape index (κ1) is 18.9. The molecule has 5 rings (SSSR count). The summed E-state index contributed by atoms with van der Waals surface area (Å²) < 4.78 is 14.2. The van der Waals surface area contributed by atoms with Crippen LogP contribution in [-0.4, -0.2) is 30.9 Å². The van der Waals surface area contributed by atoms with Crippen molar-refractivity contribution in [2.75, 3.05) is 5.32 Å². The Kier molecular flexibility index (Phi) is 4.62. The fourth-order valence-corrected chi connectivity index (χ4v) is 3.14. The molecule has 154 valence electrons. The van der Waals surface area contributed by atoms with E-state index in [9.17, 15) is 14.0 Å². The maximum atomic E-state index is 13.1. The van der Waals surface area contributed by atoms with Gasteiger partial charge in [0.2, 0.25) is 0 Å². The molecule has 0 unspecified atom stereocenters. The Morgan fingerprint density at radius 1 is 1.03 bits per heavy atom. The fraction of sp³-hybridized carbons (Fsp3) is 0.136. The Balaban J connectivity index is 1.33. The number of halogens is 1. The zero-order valence-electron chi connectivity index (χ0n) is 16.2. The third-order valence-corrected chi connectivity index (χ3v) is 4.97. The van der Waals surface area contributed by atoms with Crippen molar-refractivity contribution in [3.05, 3.63) is 88.4 Å². The number of nitrogens with one attached hydrogen (secondary N) is 2. The van der Waals surface area contributed by atoms with Gasteiger partial charge in [0.05, 0.1) is 5.69 Å². The van der Waals surface area contributed by atoms with E-state index >= 15 is 0 Å². The van der Waals surface area contributed by atoms with Gasteiger partial charge < -0.3 is 5.32 Å². The van der Waals surface area contributed by atoms with Crippen LogP contribution in [0.2, 0.25) is 0 Å². The second-order valence-corrected chi connectivity index (χ2v) is 7.30. The Morgan fingerprint density at radius 3 is 2.48 bits per heavy atom. The second-order valence-electron chi connectivity index (χ2n) is 7.30. The summed E-state index contributed by atoms with van der Waals surface area (Å²) >= 11 is 0. The first-order chi connectivity index (χ1) is 15.1. The van der Waals surface area contributed by atoms with E-state index in [0.29, 0.717) is 23.1 Å². The maximum Gasteiger partial charge on any atom is 0.276 e. The SMILES string of the molecule is O=C(Nc1ccc(-c2n[nH]c(C3CC3)n2)cc1)c1ccc(=O)n(-c2ccc(F)cc2)n1. The van der Waals surface area contributed by atoms with Gasteiger partial charge >= 0.3 is 0 Å². The molecule has 2 N–H and O–H groups in total. The lowest BCUT2D eigenvalue weighted by Gasteiger charge is -2.08. The lowest BCUT2D eigenvalue weighted by atomic mass is 10.2. The summed E-state index contributed by atoms with van der Waals surface area (Å²) in [5.41, 5.74) is 1.39. The monoisotopic (exact) mass is 416 g/mol. The molecule has 0 aliphatic heterocycles. The summed E-state index contributed by atoms with van der Waals surface area (Å²) in [6.07, 6.45) is 2.28. The molecule has 0 bridgehead atoms. The molecule has 31 heavy (non-hydrogen) atoms. The molecule has 1 aliphatic carbocycles. The number of carbonyl (C=O) groups excluding carboxylic acids is 1. The quantitative estimate of drug-likeness (QED) is 0.519. The number of aromatic nitrogens is 5. The van der Waals surface area contributed by atoms with Crippen molar-refractivity contribution < 1.29 is 9.18 Å². The van der Waals surface area contributed by atoms with Crippen molar-refractivity contribution in [2.45, 2.75) is 18.8 Å². The van der Waals surface area contributed by atoms with Crippen LogP contribution in [0.4, 0.5) is 10.1 Å². The van der Waals surface area contributed by atoms with E-state index < -0.39 is 17.3 Å². The Bertz CT molecular complexity index is 1310. The molecule has 0 spiro atoms. The minimum absolute atomic E-state index is 0.0519. The van der Waals surface area contributed by atoms with Gasteiger partial charge in [-0.15, -0.1) is 0 Å². The van der Waals surface area contributed by atoms with Crippen LogP contribution in [0, 0.1) is 5.82 Å². The summed E-state index contributed by atoms with van der Waals surface area (Å²) in [5.74, 6) is 1.12. The van der Waals surface area contributed by atoms with Crippen molar-refractivity contribution in [1.29, 1.82) is 0 Å². The van der Waals surface area contributed by atoms with Gasteiger partial charge in [-0.2, -0.15) is 14.9 Å². The summed E-state index contributed by atoms with van der Waals surface area (Å²) in [6.45, 7) is 0. The minimum Gasteiger partial charge on any atom is -0.321 e. The number of hydrogen-bond donors (Lipinski definition) is 2. The van der Waals surface area contributed by atoms with E-state index in [-0.39, 0.29) is 5.69 Å². The van der Waals surface area contributed by atoms with Crippen LogP contribution in [0.15, 0.2) is 65.5 Å². The van der Waals surface area contributed by atoms with Gasteiger partial charge in [0.25, 0.3) is 11.5 Å². The summed E-state index contributed by atoms with van der Waals surface area (Å²) in [5, 5.41) is 14.1. The highest BCUT2D eigenvalue weighted by Gasteiger charge is 2.27. The summed E-state index contributed by atoms with van der Waals surface area (Å²) in [7, 11) is 0. The van der Waals surface area contributed by atoms with Crippen LogP contribution in [0.3, 0.4) is 0 Å². The van der Waals surface area contributed by atoms with Crippen LogP contribution in [0.5, 0.6) is 0 Å². The average Bonchev–Trinajstić information content (AvgIpc) is 3.52. The van der Waals surface area contributed by atoms with Crippen LogP contribution in [-0.2, 0) is 0 Å². The van der Waals surface area contributed by atoms with Crippen LogP contribution in [0.25, 0.3) is 17.1 Å². The van der Waals surface area contributed by atoms with Crippen LogP contribution >= 0.6 is 0 Å². The first-order valence-electron chi connectivity index (χ1n) is 9.77. The molecule has 9 heteroatoms. The number of amides is 1. The van der Waals surface area contributed by atoms with Crippen molar-refractivity contribution in [3.8, 4) is 17.1 Å². The highest BCUT2D eigenvalue weighted by Crippen LogP contribution is 2.38. The molecule has 0 saturated heterocycles. The Morgan fingerprint density at radius 2 is 1.77 bits per heavy atom. The smallest absolute Gasteiger partial charge is 0.276 e. The maximum absolute atomic E-state index is 13.1. The number of H-pyrrole nitrogens is 1. The number of carbonyl (C=O) groups is 1. The predicted molar refractivity (Wildman–Crippen MR) is 112 cm³/mol. The highest BCUT2D eigenvalue weighted by atomic mass is 19.1. The Hall–Kier alpha value is -4.14. The second kappa shape index (κ2) is 7.60. The molecule has 2 aromatic heterocycles. The number of aromatic amines is 1. The summed E-state index contributed by atoms with van der Waals surface area (Å²) in [4.78, 5) is 29.3. The third kappa shape index (κ3) is 3.97. The molecule has 8 nitrogen and oxygen atoms in total. The van der Waals surface area contributed by atoms with Gasteiger partial charge in [-0.1, -0.05) is 0 Å². The zero-order chi connectivity index (χ0) is 21.4. The number of anilines is 1. The van der Waals surface area contributed by atoms with Crippen molar-refractivity contribution >= 4 is 11.6 Å². The van der Waals surface area contributed by atoms with E-state index in [0.717, 1.165) is 28.9 Å². The van der Waals surface area contributed by atoms with Gasteiger partial charge in [-0.25, -0.2) is 9.37 Å². The van der Waals surface area contributed by atoms with Crippen molar-refractivity contribution in [1.82, 2.24) is 25.0 Å². The van der Waals surface area contributed by atoms with E-state index in [2.05, 4.69) is 25.6 Å². The number of hydrogen-bond acceptors (Lipinski definition) is 5. The van der Waals surface area contributed by atoms with Crippen LogP contribution < -0.4 is 10.9 Å². The molecule has 2 heterocycles. The lowest BCUT2D eigenvalue weighted by Crippen LogP contribution is -2.24. The van der Waals surface area contributed by atoms with Crippen molar-refractivity contribution in [2.24, 2.45) is 0 Å². The summed E-state index contributed by atoms with van der Waals surface area (Å²) in [6, 6.07) is 15.0. The molecular weight excluding hydrogens is 399 g/mol. The molecule has 1 fully saturated rings. The van der Waals surface area contributed by atoms with Gasteiger partial charge in [0.1, 0.15) is 17.3 Å². The van der Waals surface area contributed by atoms with Crippen LogP contribution in [0.1, 0.15) is 35.1 Å². The molecule has 0 atom stereocenters. The molecule has 2 aromatic carbocycles. The molecular formula is C22H17FN6O2. The molecule has 0 radical (unpaired) electrons. The predicted octanol–water partition coefficient (Wildman–Crippen LogP) is 3.29. The standard InChI is InChI=1S/C22H17FN6O2/c23-15-5-9-17(10-6-15)29-19(30)12-11-18(28-29)22(31)24-16-7-3-14(4-8-16)21-25-20(26-27-21)13-1-2-13/h3-13H,1-2H2,(H,24,31)(H,25,26,27). The largest absolute Gasteiger partial charge is 0.321 e. The minimum atomic E-state index is -0.475. The fourth-order valence-electron chi connectivity index (χ4n) is 3.14. The van der Waals surface area contributed by atoms with Gasteiger partial charge in [0, 0.05) is 23.2 Å². The zero-order valence-corrected chi connectivity index (χ0v) is 16.2. The molecule has 4 aromatic rings. The molecule has 1 amide bonds. The van der Waals surface area contributed by atoms with E-state index in [1.807, 2.05) is 12.1 Å². The third-order valence-electron chi connectivity index (χ3n) is 4.97. The van der Waals surface area contributed by atoms with Gasteiger partial charge in [-0.05, 0) is 67.4 Å². The number of benzene rings is 2. The molecule has 1 saturated carbocycles.